The number of benzene rings is 2. The molecule has 0 saturated carbocycles. The molecule has 5 heteroatoms. The van der Waals surface area contributed by atoms with Gasteiger partial charge in [-0.3, -0.25) is 4.31 Å². The van der Waals surface area contributed by atoms with Gasteiger partial charge >= 0.3 is 0 Å². The van der Waals surface area contributed by atoms with E-state index in [9.17, 15) is 8.42 Å². The Morgan fingerprint density at radius 2 is 1.71 bits per heavy atom. The highest BCUT2D eigenvalue weighted by Crippen LogP contribution is 2.23. The first-order valence-electron chi connectivity index (χ1n) is 9.14. The maximum atomic E-state index is 13.2. The third-order valence-electron chi connectivity index (χ3n) is 4.15. The molecule has 4 nitrogen and oxygen atoms in total. The first-order valence-corrected chi connectivity index (χ1v) is 10.6. The molecule has 0 saturated heterocycles. The van der Waals surface area contributed by atoms with Gasteiger partial charge < -0.3 is 4.74 Å². The molecule has 0 aliphatic heterocycles. The zero-order valence-electron chi connectivity index (χ0n) is 16.6. The molecule has 0 bridgehead atoms. The first-order chi connectivity index (χ1) is 13.5. The Hall–Kier alpha value is -2.79. The van der Waals surface area contributed by atoms with Crippen LogP contribution in [0.25, 0.3) is 0 Å². The van der Waals surface area contributed by atoms with E-state index < -0.39 is 10.0 Å². The van der Waals surface area contributed by atoms with Gasteiger partial charge in [-0.15, -0.1) is 0 Å². The van der Waals surface area contributed by atoms with Crippen LogP contribution in [0.5, 0.6) is 0 Å². The molecule has 148 valence electrons. The van der Waals surface area contributed by atoms with Gasteiger partial charge in [0.2, 0.25) is 0 Å². The third kappa shape index (κ3) is 5.86. The highest BCUT2D eigenvalue weighted by molar-refractivity contribution is 7.92. The number of nitrogens with zero attached hydrogens (tertiary/aromatic N) is 1. The van der Waals surface area contributed by atoms with E-state index in [1.165, 1.54) is 4.31 Å². The smallest absolute Gasteiger partial charge is 0.264 e. The number of sulfonamides is 1. The standard InChI is InChI=1S/C23H27NO3S/c1-4-5-13-22(27-3)14-9-10-19-24(21-11-7-6-8-12-21)28(25,26)23-17-15-20(2)16-18-23/h4-13,15-18H,14,19H2,1-3H3/b5-4-,10-9+,22-13+. The lowest BCUT2D eigenvalue weighted by atomic mass is 10.2. The number of rotatable bonds is 9. The molecule has 0 aliphatic carbocycles. The molecule has 0 fully saturated rings. The van der Waals surface area contributed by atoms with Gasteiger partial charge in [0.05, 0.1) is 30.0 Å². The van der Waals surface area contributed by atoms with E-state index in [1.807, 2.05) is 74.6 Å². The molecule has 0 amide bonds. The van der Waals surface area contributed by atoms with Crippen LogP contribution in [0.4, 0.5) is 5.69 Å². The van der Waals surface area contributed by atoms with Gasteiger partial charge in [-0.25, -0.2) is 8.42 Å². The van der Waals surface area contributed by atoms with Crippen molar-refractivity contribution in [3.05, 3.63) is 96.3 Å². The van der Waals surface area contributed by atoms with E-state index in [4.69, 9.17) is 4.74 Å². The number of para-hydroxylation sites is 1. The summed E-state index contributed by atoms with van der Waals surface area (Å²) in [6.45, 7) is 4.11. The number of allylic oxidation sites excluding steroid dienone is 4. The van der Waals surface area contributed by atoms with Crippen LogP contribution in [0.2, 0.25) is 0 Å². The van der Waals surface area contributed by atoms with Crippen molar-refractivity contribution in [3.63, 3.8) is 0 Å². The molecule has 2 aromatic carbocycles. The quantitative estimate of drug-likeness (QED) is 0.330. The highest BCUT2D eigenvalue weighted by Gasteiger charge is 2.23. The minimum absolute atomic E-state index is 0.237. The van der Waals surface area contributed by atoms with Crippen LogP contribution in [-0.4, -0.2) is 22.1 Å². The number of anilines is 1. The van der Waals surface area contributed by atoms with Gasteiger partial charge in [0.15, 0.2) is 0 Å². The van der Waals surface area contributed by atoms with E-state index in [1.54, 1.807) is 31.4 Å². The van der Waals surface area contributed by atoms with Crippen LogP contribution >= 0.6 is 0 Å². The Balaban J connectivity index is 2.26. The van der Waals surface area contributed by atoms with Gasteiger partial charge in [0.1, 0.15) is 0 Å². The maximum Gasteiger partial charge on any atom is 0.264 e. The fourth-order valence-corrected chi connectivity index (χ4v) is 3.98. The van der Waals surface area contributed by atoms with E-state index in [2.05, 4.69) is 0 Å². The molecule has 0 aliphatic rings. The van der Waals surface area contributed by atoms with Crippen LogP contribution in [-0.2, 0) is 14.8 Å². The molecular weight excluding hydrogens is 370 g/mol. The highest BCUT2D eigenvalue weighted by atomic mass is 32.2. The summed E-state index contributed by atoms with van der Waals surface area (Å²) in [5.74, 6) is 0.807. The number of hydrogen-bond acceptors (Lipinski definition) is 3. The average Bonchev–Trinajstić information content (AvgIpc) is 2.71. The molecule has 28 heavy (non-hydrogen) atoms. The summed E-state index contributed by atoms with van der Waals surface area (Å²) in [6.07, 6.45) is 10.1. The van der Waals surface area contributed by atoms with Crippen molar-refractivity contribution in [1.82, 2.24) is 0 Å². The minimum Gasteiger partial charge on any atom is -0.501 e. The second-order valence-electron chi connectivity index (χ2n) is 6.22. The Morgan fingerprint density at radius 3 is 2.32 bits per heavy atom. The zero-order chi connectivity index (χ0) is 20.4. The molecule has 0 aromatic heterocycles. The topological polar surface area (TPSA) is 46.6 Å². The monoisotopic (exact) mass is 397 g/mol. The molecule has 0 atom stereocenters. The second kappa shape index (κ2) is 10.5. The van der Waals surface area contributed by atoms with Gasteiger partial charge in [-0.2, -0.15) is 0 Å². The number of ether oxygens (including phenoxy) is 1. The summed E-state index contributed by atoms with van der Waals surface area (Å²) < 4.78 is 33.2. The Bertz CT molecular complexity index is 928. The normalized spacial score (nSPS) is 12.6. The number of aryl methyl sites for hydroxylation is 1. The fraction of sp³-hybridized carbons (Fsp3) is 0.217. The maximum absolute atomic E-state index is 13.2. The summed E-state index contributed by atoms with van der Waals surface area (Å²) in [7, 11) is -2.04. The van der Waals surface area contributed by atoms with Gasteiger partial charge in [0, 0.05) is 6.42 Å². The van der Waals surface area contributed by atoms with Crippen molar-refractivity contribution in [2.24, 2.45) is 0 Å². The van der Waals surface area contributed by atoms with Gasteiger partial charge in [-0.1, -0.05) is 60.2 Å². The Labute approximate surface area is 168 Å². The molecular formula is C23H27NO3S. The number of methoxy groups -OCH3 is 1. The summed E-state index contributed by atoms with van der Waals surface area (Å²) in [5, 5.41) is 0. The van der Waals surface area contributed by atoms with Crippen molar-refractivity contribution in [1.29, 1.82) is 0 Å². The van der Waals surface area contributed by atoms with E-state index >= 15 is 0 Å². The Kier molecular flexibility index (Phi) is 8.08. The summed E-state index contributed by atoms with van der Waals surface area (Å²) in [5.41, 5.74) is 1.65. The molecule has 0 N–H and O–H groups in total. The van der Waals surface area contributed by atoms with Gasteiger partial charge in [0.25, 0.3) is 10.0 Å². The van der Waals surface area contributed by atoms with Gasteiger partial charge in [-0.05, 0) is 44.2 Å². The van der Waals surface area contributed by atoms with Crippen molar-refractivity contribution in [2.75, 3.05) is 18.0 Å². The van der Waals surface area contributed by atoms with Crippen LogP contribution < -0.4 is 4.31 Å². The SMILES string of the molecule is C/C=C\C=C(/C/C=C/CN(c1ccccc1)S(=O)(=O)c1ccc(C)cc1)OC. The van der Waals surface area contributed by atoms with Crippen molar-refractivity contribution < 1.29 is 13.2 Å². The third-order valence-corrected chi connectivity index (χ3v) is 5.95. The summed E-state index contributed by atoms with van der Waals surface area (Å²) in [4.78, 5) is 0.279. The lowest BCUT2D eigenvalue weighted by Gasteiger charge is -2.23. The minimum atomic E-state index is -3.67. The molecule has 2 aromatic rings. The molecule has 0 unspecified atom stereocenters. The van der Waals surface area contributed by atoms with Crippen molar-refractivity contribution >= 4 is 15.7 Å². The summed E-state index contributed by atoms with van der Waals surface area (Å²) in [6, 6.07) is 16.0. The predicted molar refractivity (Wildman–Crippen MR) is 116 cm³/mol. The van der Waals surface area contributed by atoms with Crippen LogP contribution in [0.3, 0.4) is 0 Å². The summed E-state index contributed by atoms with van der Waals surface area (Å²) >= 11 is 0. The lowest BCUT2D eigenvalue weighted by molar-refractivity contribution is 0.285. The predicted octanol–water partition coefficient (Wildman–Crippen LogP) is 5.24. The van der Waals surface area contributed by atoms with Crippen molar-refractivity contribution in [3.8, 4) is 0 Å². The first kappa shape index (κ1) is 21.5. The van der Waals surface area contributed by atoms with E-state index in [0.717, 1.165) is 11.3 Å². The lowest BCUT2D eigenvalue weighted by Crippen LogP contribution is -2.31. The molecule has 0 radical (unpaired) electrons. The van der Waals surface area contributed by atoms with E-state index in [0.29, 0.717) is 12.1 Å². The Morgan fingerprint density at radius 1 is 1.04 bits per heavy atom. The molecule has 0 heterocycles. The van der Waals surface area contributed by atoms with Crippen LogP contribution in [0.1, 0.15) is 18.9 Å². The van der Waals surface area contributed by atoms with E-state index in [-0.39, 0.29) is 11.4 Å². The zero-order valence-corrected chi connectivity index (χ0v) is 17.4. The van der Waals surface area contributed by atoms with Crippen molar-refractivity contribution in [2.45, 2.75) is 25.2 Å². The molecule has 0 spiro atoms. The number of hydrogen-bond donors (Lipinski definition) is 0. The van der Waals surface area contributed by atoms with Crippen LogP contribution in [0, 0.1) is 6.92 Å². The average molecular weight is 398 g/mol. The van der Waals surface area contributed by atoms with Crippen LogP contribution in [0.15, 0.2) is 95.6 Å². The fourth-order valence-electron chi connectivity index (χ4n) is 2.57. The largest absolute Gasteiger partial charge is 0.501 e. The molecule has 2 rings (SSSR count). The second-order valence-corrected chi connectivity index (χ2v) is 8.09.